The summed E-state index contributed by atoms with van der Waals surface area (Å²) in [4.78, 5) is 34.6. The van der Waals surface area contributed by atoms with Gasteiger partial charge in [0.2, 0.25) is 5.91 Å². The molecule has 2 rings (SSSR count). The lowest BCUT2D eigenvalue weighted by atomic mass is 10.1. The minimum Gasteiger partial charge on any atom is -0.481 e. The van der Waals surface area contributed by atoms with Crippen LogP contribution in [0.5, 0.6) is 0 Å². The number of nitrogens with zero attached hydrogens (tertiary/aromatic N) is 2. The predicted octanol–water partition coefficient (Wildman–Crippen LogP) is 1.65. The fraction of sp³-hybridized carbons (Fsp3) is 0.385. The van der Waals surface area contributed by atoms with Gasteiger partial charge in [0.15, 0.2) is 0 Å². The highest BCUT2D eigenvalue weighted by Crippen LogP contribution is 2.32. The quantitative estimate of drug-likeness (QED) is 0.669. The van der Waals surface area contributed by atoms with Gasteiger partial charge in [-0.25, -0.2) is 0 Å². The molecule has 1 fully saturated rings. The molecule has 7 nitrogen and oxygen atoms in total. The molecule has 1 aromatic carbocycles. The number of hydrogen-bond donors (Lipinski definition) is 1. The molecule has 1 N–H and O–H groups in total. The van der Waals surface area contributed by atoms with Gasteiger partial charge in [0.1, 0.15) is 0 Å². The van der Waals surface area contributed by atoms with Crippen LogP contribution in [0.1, 0.15) is 17.5 Å². The maximum atomic E-state index is 11.9. The van der Waals surface area contributed by atoms with Crippen molar-refractivity contribution in [2.24, 2.45) is 5.92 Å². The van der Waals surface area contributed by atoms with Crippen molar-refractivity contribution in [3.63, 3.8) is 0 Å². The third-order valence-electron chi connectivity index (χ3n) is 3.48. The molecule has 0 bridgehead atoms. The first kappa shape index (κ1) is 14.0. The van der Waals surface area contributed by atoms with Crippen molar-refractivity contribution >= 4 is 23.3 Å². The van der Waals surface area contributed by atoms with Crippen molar-refractivity contribution in [1.29, 1.82) is 0 Å². The molecule has 0 spiro atoms. The van der Waals surface area contributed by atoms with Gasteiger partial charge in [0.25, 0.3) is 5.69 Å². The van der Waals surface area contributed by atoms with Gasteiger partial charge >= 0.3 is 5.97 Å². The molecule has 0 saturated carbocycles. The fourth-order valence-electron chi connectivity index (χ4n) is 2.38. The van der Waals surface area contributed by atoms with E-state index in [2.05, 4.69) is 0 Å². The molecule has 0 aliphatic carbocycles. The van der Waals surface area contributed by atoms with Crippen LogP contribution < -0.4 is 4.90 Å². The van der Waals surface area contributed by atoms with Gasteiger partial charge in [-0.1, -0.05) is 0 Å². The smallest absolute Gasteiger partial charge is 0.308 e. The van der Waals surface area contributed by atoms with Crippen LogP contribution >= 0.6 is 0 Å². The van der Waals surface area contributed by atoms with Crippen LogP contribution in [-0.2, 0) is 9.59 Å². The monoisotopic (exact) mass is 278 g/mol. The summed E-state index contributed by atoms with van der Waals surface area (Å²) >= 11 is 0. The SMILES string of the molecule is Cc1cc([N+](=O)[O-])c(C)cc1N1CC(C(=O)O)CC1=O. The zero-order valence-corrected chi connectivity index (χ0v) is 11.1. The summed E-state index contributed by atoms with van der Waals surface area (Å²) < 4.78 is 0. The van der Waals surface area contributed by atoms with Gasteiger partial charge in [-0.05, 0) is 25.5 Å². The van der Waals surface area contributed by atoms with E-state index >= 15 is 0 Å². The van der Waals surface area contributed by atoms with E-state index in [1.165, 1.54) is 11.0 Å². The minimum absolute atomic E-state index is 0.00678. The number of aryl methyl sites for hydroxylation is 2. The van der Waals surface area contributed by atoms with Gasteiger partial charge in [0.05, 0.1) is 10.8 Å². The van der Waals surface area contributed by atoms with Gasteiger partial charge in [-0.3, -0.25) is 19.7 Å². The van der Waals surface area contributed by atoms with Gasteiger partial charge in [0, 0.05) is 30.3 Å². The third-order valence-corrected chi connectivity index (χ3v) is 3.48. The van der Waals surface area contributed by atoms with Crippen LogP contribution in [0.25, 0.3) is 0 Å². The van der Waals surface area contributed by atoms with Crippen LogP contribution in [-0.4, -0.2) is 28.5 Å². The molecule has 1 saturated heterocycles. The number of aliphatic carboxylic acids is 1. The topological polar surface area (TPSA) is 101 Å². The van der Waals surface area contributed by atoms with Crippen molar-refractivity contribution in [2.45, 2.75) is 20.3 Å². The first-order valence-corrected chi connectivity index (χ1v) is 6.10. The standard InChI is InChI=1S/C13H14N2O5/c1-7-4-11(15(19)20)8(2)3-10(7)14-6-9(13(17)18)5-12(14)16/h3-4,9H,5-6H2,1-2H3,(H,17,18). The molecule has 1 atom stereocenters. The number of anilines is 1. The third kappa shape index (κ3) is 2.34. The van der Waals surface area contributed by atoms with E-state index in [1.54, 1.807) is 19.9 Å². The molecule has 0 radical (unpaired) electrons. The van der Waals surface area contributed by atoms with E-state index in [9.17, 15) is 19.7 Å². The molecule has 7 heteroatoms. The number of hydrogen-bond acceptors (Lipinski definition) is 4. The zero-order valence-electron chi connectivity index (χ0n) is 11.1. The Morgan fingerprint density at radius 1 is 1.40 bits per heavy atom. The normalized spacial score (nSPS) is 18.4. The highest BCUT2D eigenvalue weighted by Gasteiger charge is 2.36. The molecule has 1 amide bonds. The largest absolute Gasteiger partial charge is 0.481 e. The summed E-state index contributed by atoms with van der Waals surface area (Å²) in [6, 6.07) is 2.97. The number of benzene rings is 1. The number of carbonyl (C=O) groups is 2. The number of amides is 1. The van der Waals surface area contributed by atoms with E-state index in [0.717, 1.165) is 0 Å². The maximum absolute atomic E-state index is 11.9. The highest BCUT2D eigenvalue weighted by molar-refractivity contribution is 6.00. The van der Waals surface area contributed by atoms with Crippen LogP contribution in [0.15, 0.2) is 12.1 Å². The van der Waals surface area contributed by atoms with E-state index in [-0.39, 0.29) is 24.6 Å². The molecule has 1 aromatic rings. The van der Waals surface area contributed by atoms with Crippen molar-refractivity contribution in [3.05, 3.63) is 33.4 Å². The van der Waals surface area contributed by atoms with Crippen LogP contribution in [0.2, 0.25) is 0 Å². The Labute approximate surface area is 115 Å². The minimum atomic E-state index is -1.00. The lowest BCUT2D eigenvalue weighted by Crippen LogP contribution is -2.26. The average molecular weight is 278 g/mol. The first-order valence-electron chi connectivity index (χ1n) is 6.10. The van der Waals surface area contributed by atoms with Gasteiger partial charge in [-0.15, -0.1) is 0 Å². The van der Waals surface area contributed by atoms with E-state index in [4.69, 9.17) is 5.11 Å². The highest BCUT2D eigenvalue weighted by atomic mass is 16.6. The summed E-state index contributed by atoms with van der Waals surface area (Å²) in [6.07, 6.45) is -0.0369. The number of carbonyl (C=O) groups excluding carboxylic acids is 1. The van der Waals surface area contributed by atoms with E-state index in [0.29, 0.717) is 16.8 Å². The number of carboxylic acid groups (broad SMARTS) is 1. The Hall–Kier alpha value is -2.44. The fourth-order valence-corrected chi connectivity index (χ4v) is 2.38. The first-order chi connectivity index (χ1) is 9.31. The summed E-state index contributed by atoms with van der Waals surface area (Å²) in [7, 11) is 0. The molecular weight excluding hydrogens is 264 g/mol. The number of nitro groups is 1. The summed E-state index contributed by atoms with van der Waals surface area (Å²) in [5, 5.41) is 19.8. The average Bonchev–Trinajstić information content (AvgIpc) is 2.73. The molecule has 20 heavy (non-hydrogen) atoms. The molecule has 1 heterocycles. The molecule has 1 aliphatic rings. The maximum Gasteiger partial charge on any atom is 0.308 e. The predicted molar refractivity (Wildman–Crippen MR) is 70.7 cm³/mol. The van der Waals surface area contributed by atoms with Crippen LogP contribution in [0.3, 0.4) is 0 Å². The lowest BCUT2D eigenvalue weighted by Gasteiger charge is -2.19. The molecule has 1 aliphatic heterocycles. The molecule has 106 valence electrons. The lowest BCUT2D eigenvalue weighted by molar-refractivity contribution is -0.385. The second-order valence-corrected chi connectivity index (χ2v) is 4.93. The summed E-state index contributed by atoms with van der Waals surface area (Å²) in [6.45, 7) is 3.37. The van der Waals surface area contributed by atoms with Crippen molar-refractivity contribution in [3.8, 4) is 0 Å². The Morgan fingerprint density at radius 2 is 2.05 bits per heavy atom. The second kappa shape index (κ2) is 4.92. The van der Waals surface area contributed by atoms with Crippen molar-refractivity contribution in [1.82, 2.24) is 0 Å². The van der Waals surface area contributed by atoms with E-state index in [1.807, 2.05) is 0 Å². The molecular formula is C13H14N2O5. The Kier molecular flexibility index (Phi) is 3.44. The Bertz CT molecular complexity index is 611. The Balaban J connectivity index is 2.39. The van der Waals surface area contributed by atoms with E-state index < -0.39 is 16.8 Å². The summed E-state index contributed by atoms with van der Waals surface area (Å²) in [5.74, 6) is -2.00. The van der Waals surface area contributed by atoms with Crippen molar-refractivity contribution < 1.29 is 19.6 Å². The van der Waals surface area contributed by atoms with Gasteiger partial charge in [-0.2, -0.15) is 0 Å². The summed E-state index contributed by atoms with van der Waals surface area (Å²) in [5.41, 5.74) is 1.57. The second-order valence-electron chi connectivity index (χ2n) is 4.93. The van der Waals surface area contributed by atoms with Gasteiger partial charge < -0.3 is 10.0 Å². The van der Waals surface area contributed by atoms with Crippen molar-refractivity contribution in [2.75, 3.05) is 11.4 Å². The van der Waals surface area contributed by atoms with Crippen LogP contribution in [0.4, 0.5) is 11.4 Å². The molecule has 1 unspecified atom stereocenters. The molecule has 0 aromatic heterocycles. The number of carboxylic acids is 1. The number of rotatable bonds is 3. The van der Waals surface area contributed by atoms with Crippen LogP contribution in [0, 0.1) is 29.9 Å². The number of nitro benzene ring substituents is 1. The Morgan fingerprint density at radius 3 is 2.55 bits per heavy atom. The zero-order chi connectivity index (χ0) is 15.0.